The zero-order chi connectivity index (χ0) is 40.3. The second kappa shape index (κ2) is 29.0. The highest BCUT2D eigenvalue weighted by molar-refractivity contribution is 6.61. The van der Waals surface area contributed by atoms with Crippen LogP contribution in [0.3, 0.4) is 0 Å². The predicted molar refractivity (Wildman–Crippen MR) is 214 cm³/mol. The van der Waals surface area contributed by atoms with E-state index in [0.29, 0.717) is 136 Å². The summed E-state index contributed by atoms with van der Waals surface area (Å²) >= 11 is 0. The molecule has 3 amide bonds. The van der Waals surface area contributed by atoms with Crippen molar-refractivity contribution in [3.63, 3.8) is 0 Å². The van der Waals surface area contributed by atoms with E-state index in [9.17, 15) is 14.4 Å². The minimum atomic E-state index is -2.84. The molecule has 1 saturated carbocycles. The fraction of sp³-hybridized carbons (Fsp3) is 0.917. The van der Waals surface area contributed by atoms with Crippen LogP contribution in [-0.4, -0.2) is 123 Å². The van der Waals surface area contributed by atoms with E-state index >= 15 is 0 Å². The van der Waals surface area contributed by atoms with Crippen LogP contribution in [0.1, 0.15) is 101 Å². The van der Waals surface area contributed by atoms with Gasteiger partial charge in [0.25, 0.3) is 0 Å². The van der Waals surface area contributed by atoms with Gasteiger partial charge in [0.2, 0.25) is 17.7 Å². The van der Waals surface area contributed by atoms with Crippen LogP contribution in [0.4, 0.5) is 0 Å². The van der Waals surface area contributed by atoms with Gasteiger partial charge in [0.15, 0.2) is 0 Å². The highest BCUT2D eigenvalue weighted by atomic mass is 28.4. The largest absolute Gasteiger partial charge is 0.500 e. The highest BCUT2D eigenvalue weighted by Gasteiger charge is 2.43. The molecule has 18 heteroatoms. The van der Waals surface area contributed by atoms with E-state index < -0.39 is 44.2 Å². The summed E-state index contributed by atoms with van der Waals surface area (Å²) in [6.07, 6.45) is 2.92. The monoisotopic (exact) mass is 825 g/mol. The van der Waals surface area contributed by atoms with E-state index in [1.165, 1.54) is 0 Å². The van der Waals surface area contributed by atoms with Gasteiger partial charge in [-0.1, -0.05) is 0 Å². The number of hydrogen-bond donors (Lipinski definition) is 3. The lowest BCUT2D eigenvalue weighted by Crippen LogP contribution is -2.48. The molecule has 1 fully saturated rings. The van der Waals surface area contributed by atoms with Gasteiger partial charge in [0.1, 0.15) is 0 Å². The summed E-state index contributed by atoms with van der Waals surface area (Å²) < 4.78 is 53.6. The topological polar surface area (TPSA) is 170 Å². The van der Waals surface area contributed by atoms with E-state index in [1.807, 2.05) is 62.3 Å². The van der Waals surface area contributed by atoms with Crippen molar-refractivity contribution in [1.29, 1.82) is 0 Å². The lowest BCUT2D eigenvalue weighted by molar-refractivity contribution is -0.135. The quantitative estimate of drug-likeness (QED) is 0.0618. The highest BCUT2D eigenvalue weighted by Crippen LogP contribution is 2.34. The number of carbonyl (C=O) groups is 3. The van der Waals surface area contributed by atoms with Gasteiger partial charge in [-0.15, -0.1) is 0 Å². The van der Waals surface area contributed by atoms with Crippen LogP contribution >= 0.6 is 0 Å². The Bertz CT molecular complexity index is 854. The van der Waals surface area contributed by atoms with Crippen molar-refractivity contribution in [2.45, 2.75) is 119 Å². The van der Waals surface area contributed by atoms with Crippen molar-refractivity contribution in [3.8, 4) is 0 Å². The van der Waals surface area contributed by atoms with Crippen molar-refractivity contribution >= 4 is 44.1 Å². The lowest BCUT2D eigenvalue weighted by Gasteiger charge is -2.33. The van der Waals surface area contributed by atoms with Crippen LogP contribution in [0.2, 0.25) is 18.1 Å². The summed E-state index contributed by atoms with van der Waals surface area (Å²) in [5.41, 5.74) is 0. The van der Waals surface area contributed by atoms with Gasteiger partial charge in [-0.3, -0.25) is 14.4 Å². The maximum Gasteiger partial charge on any atom is 0.500 e. The Morgan fingerprint density at radius 2 is 0.574 bits per heavy atom. The molecule has 1 aliphatic rings. The van der Waals surface area contributed by atoms with Crippen LogP contribution in [0.5, 0.6) is 0 Å². The first-order valence-electron chi connectivity index (χ1n) is 20.6. The standard InChI is InChI=1S/C36H75N3O12Si3/c1-10-43-52(44-11-2,45-12-3)25-19-22-37-34(40)31-28-32(35(41)38-23-20-26-53(46-13-4,47-14-5)48-15-6)30-33(29-31)36(42)39-24-21-27-54(49-16-7,50-17-8)51-18-9/h31-33H,10-30H2,1-9H3,(H,37,40)(H,38,41)(H,39,42). The third-order valence-corrected chi connectivity index (χ3v) is 18.4. The average molecular weight is 826 g/mol. The predicted octanol–water partition coefficient (Wildman–Crippen LogP) is 4.68. The van der Waals surface area contributed by atoms with Gasteiger partial charge in [-0.25, -0.2) is 0 Å². The molecule has 15 nitrogen and oxygen atoms in total. The average Bonchev–Trinajstić information content (AvgIpc) is 3.14. The van der Waals surface area contributed by atoms with Gasteiger partial charge in [0.05, 0.1) is 0 Å². The zero-order valence-corrected chi connectivity index (χ0v) is 38.0. The molecule has 0 aromatic rings. The molecular weight excluding hydrogens is 751 g/mol. The number of rotatable bonds is 33. The SMILES string of the molecule is CCO[Si](CCCNC(=O)C1CC(C(=O)NCCC[Si](OCC)(OCC)OCC)CC(C(=O)NCCC[Si](OCC)(OCC)OCC)C1)(OCC)OCC. The van der Waals surface area contributed by atoms with Crippen LogP contribution in [-0.2, 0) is 54.2 Å². The molecule has 54 heavy (non-hydrogen) atoms. The number of nitrogens with one attached hydrogen (secondary N) is 3. The van der Waals surface area contributed by atoms with Crippen molar-refractivity contribution in [3.05, 3.63) is 0 Å². The Kier molecular flexibility index (Phi) is 27.2. The van der Waals surface area contributed by atoms with Crippen molar-refractivity contribution in [2.75, 3.05) is 79.1 Å². The van der Waals surface area contributed by atoms with E-state index in [2.05, 4.69) is 16.0 Å². The molecule has 1 rings (SSSR count). The summed E-state index contributed by atoms with van der Waals surface area (Å²) in [6.45, 7) is 22.8. The second-order valence-corrected chi connectivity index (χ2v) is 21.1. The summed E-state index contributed by atoms with van der Waals surface area (Å²) in [5, 5.41) is 9.18. The number of amides is 3. The Morgan fingerprint density at radius 3 is 0.741 bits per heavy atom. The normalized spacial score (nSPS) is 18.1. The molecule has 318 valence electrons. The lowest BCUT2D eigenvalue weighted by atomic mass is 9.74. The maximum atomic E-state index is 13.6. The Labute approximate surface area is 329 Å². The molecule has 0 heterocycles. The minimum Gasteiger partial charge on any atom is -0.374 e. The Balaban J connectivity index is 3.00. The van der Waals surface area contributed by atoms with E-state index in [1.54, 1.807) is 0 Å². The second-order valence-electron chi connectivity index (χ2n) is 12.9. The molecule has 0 radical (unpaired) electrons. The van der Waals surface area contributed by atoms with Crippen molar-refractivity contribution in [2.24, 2.45) is 17.8 Å². The van der Waals surface area contributed by atoms with Gasteiger partial charge < -0.3 is 55.8 Å². The molecule has 0 bridgehead atoms. The van der Waals surface area contributed by atoms with Gasteiger partial charge in [-0.2, -0.15) is 0 Å². The molecule has 0 aromatic heterocycles. The first-order chi connectivity index (χ1) is 26.0. The molecule has 3 N–H and O–H groups in total. The molecule has 0 atom stereocenters. The molecule has 0 spiro atoms. The Hall–Kier alpha value is -1.30. The minimum absolute atomic E-state index is 0.163. The van der Waals surface area contributed by atoms with Crippen LogP contribution in [0, 0.1) is 17.8 Å². The van der Waals surface area contributed by atoms with Crippen LogP contribution in [0.15, 0.2) is 0 Å². The number of hydrogen-bond acceptors (Lipinski definition) is 12. The van der Waals surface area contributed by atoms with E-state index in [4.69, 9.17) is 39.8 Å². The summed E-state index contributed by atoms with van der Waals surface area (Å²) in [5.74, 6) is -1.99. The van der Waals surface area contributed by atoms with E-state index in [-0.39, 0.29) is 17.7 Å². The summed E-state index contributed by atoms with van der Waals surface area (Å²) in [7, 11) is -8.53. The molecular formula is C36H75N3O12Si3. The van der Waals surface area contributed by atoms with Crippen LogP contribution in [0.25, 0.3) is 0 Å². The Morgan fingerprint density at radius 1 is 0.389 bits per heavy atom. The van der Waals surface area contributed by atoms with E-state index in [0.717, 1.165) is 0 Å². The smallest absolute Gasteiger partial charge is 0.374 e. The van der Waals surface area contributed by atoms with Crippen molar-refractivity contribution in [1.82, 2.24) is 16.0 Å². The first kappa shape index (κ1) is 50.7. The molecule has 0 aromatic carbocycles. The summed E-state index contributed by atoms with van der Waals surface area (Å²) in [6, 6.07) is 1.72. The summed E-state index contributed by atoms with van der Waals surface area (Å²) in [4.78, 5) is 40.8. The molecule has 0 unspecified atom stereocenters. The fourth-order valence-electron chi connectivity index (χ4n) is 6.95. The fourth-order valence-corrected chi connectivity index (χ4v) is 14.8. The van der Waals surface area contributed by atoms with Gasteiger partial charge in [0, 0.05) is 115 Å². The molecule has 1 aliphatic carbocycles. The first-order valence-corrected chi connectivity index (χ1v) is 26.4. The number of carbonyl (C=O) groups excluding carboxylic acids is 3. The zero-order valence-electron chi connectivity index (χ0n) is 35.0. The van der Waals surface area contributed by atoms with Gasteiger partial charge >= 0.3 is 26.4 Å². The van der Waals surface area contributed by atoms with Crippen molar-refractivity contribution < 1.29 is 54.2 Å². The van der Waals surface area contributed by atoms with Crippen LogP contribution < -0.4 is 16.0 Å². The maximum absolute atomic E-state index is 13.6. The molecule has 0 aliphatic heterocycles. The van der Waals surface area contributed by atoms with Gasteiger partial charge in [-0.05, 0) is 101 Å². The molecule has 0 saturated heterocycles. The third-order valence-electron chi connectivity index (χ3n) is 8.97. The third kappa shape index (κ3) is 18.3.